The van der Waals surface area contributed by atoms with E-state index in [2.05, 4.69) is 6.92 Å². The van der Waals surface area contributed by atoms with Crippen LogP contribution in [-0.4, -0.2) is 30.1 Å². The van der Waals surface area contributed by atoms with Crippen LogP contribution >= 0.6 is 0 Å². The Balaban J connectivity index is 5.00. The van der Waals surface area contributed by atoms with Gasteiger partial charge < -0.3 is 5.11 Å². The Hall–Kier alpha value is -0.690. The van der Waals surface area contributed by atoms with Gasteiger partial charge in [0, 0.05) is 5.92 Å². The van der Waals surface area contributed by atoms with E-state index < -0.39 is 11.8 Å². The van der Waals surface area contributed by atoms with Crippen LogP contribution in [0.3, 0.4) is 0 Å². The van der Waals surface area contributed by atoms with Crippen LogP contribution in [0.1, 0.15) is 79.1 Å². The van der Waals surface area contributed by atoms with E-state index in [1.54, 1.807) is 0 Å². The molecular formula is C17H34O6. The van der Waals surface area contributed by atoms with Crippen molar-refractivity contribution in [2.24, 2.45) is 5.92 Å². The third kappa shape index (κ3) is 8.11. The van der Waals surface area contributed by atoms with Crippen molar-refractivity contribution in [2.75, 3.05) is 13.2 Å². The highest BCUT2D eigenvalue weighted by Crippen LogP contribution is 2.32. The summed E-state index contributed by atoms with van der Waals surface area (Å²) in [6.45, 7) is 8.68. The molecule has 0 aromatic carbocycles. The smallest absolute Gasteiger partial charge is 0.370 e. The molecule has 0 aliphatic heterocycles. The molecule has 0 radical (unpaired) electrons. The second-order valence-electron chi connectivity index (χ2n) is 5.74. The van der Waals surface area contributed by atoms with Crippen molar-refractivity contribution >= 4 is 5.97 Å². The largest absolute Gasteiger partial charge is 0.477 e. The van der Waals surface area contributed by atoms with Gasteiger partial charge in [0.15, 0.2) is 0 Å². The fourth-order valence-corrected chi connectivity index (χ4v) is 2.17. The third-order valence-electron chi connectivity index (χ3n) is 3.76. The molecular weight excluding hydrogens is 300 g/mol. The highest BCUT2D eigenvalue weighted by atomic mass is 17.3. The lowest BCUT2D eigenvalue weighted by Gasteiger charge is -2.33. The van der Waals surface area contributed by atoms with Gasteiger partial charge in [-0.05, 0) is 25.7 Å². The number of carboxylic acid groups (broad SMARTS) is 1. The molecule has 23 heavy (non-hydrogen) atoms. The minimum atomic E-state index is -1.91. The summed E-state index contributed by atoms with van der Waals surface area (Å²) in [7, 11) is 0. The van der Waals surface area contributed by atoms with Crippen molar-refractivity contribution < 1.29 is 29.5 Å². The van der Waals surface area contributed by atoms with Crippen LogP contribution in [0.25, 0.3) is 0 Å². The van der Waals surface area contributed by atoms with Crippen LogP contribution in [0.4, 0.5) is 0 Å². The van der Waals surface area contributed by atoms with Gasteiger partial charge in [0.25, 0.3) is 0 Å². The Labute approximate surface area is 140 Å². The zero-order chi connectivity index (χ0) is 17.6. The van der Waals surface area contributed by atoms with E-state index in [1.807, 2.05) is 20.8 Å². The van der Waals surface area contributed by atoms with Crippen LogP contribution < -0.4 is 0 Å². The molecule has 0 rings (SSSR count). The second-order valence-corrected chi connectivity index (χ2v) is 5.74. The minimum absolute atomic E-state index is 0.327. The van der Waals surface area contributed by atoms with E-state index in [0.29, 0.717) is 26.1 Å². The molecule has 1 unspecified atom stereocenters. The first-order valence-corrected chi connectivity index (χ1v) is 8.93. The van der Waals surface area contributed by atoms with Crippen LogP contribution in [0.15, 0.2) is 0 Å². The molecule has 1 N–H and O–H groups in total. The number of hydrogen-bond acceptors (Lipinski definition) is 5. The standard InChI is InChI=1S/C17H34O6/c1-5-9-12-15(8-4)17(16(18)19,22-20-13-10-6-2)23-21-14-11-7-3/h15H,5-14H2,1-4H3,(H,18,19). The van der Waals surface area contributed by atoms with Crippen LogP contribution in [0.5, 0.6) is 0 Å². The minimum Gasteiger partial charge on any atom is -0.477 e. The zero-order valence-corrected chi connectivity index (χ0v) is 15.1. The lowest BCUT2D eigenvalue weighted by Crippen LogP contribution is -2.51. The molecule has 0 fully saturated rings. The van der Waals surface area contributed by atoms with Crippen LogP contribution in [0, 0.1) is 5.92 Å². The molecule has 0 aromatic heterocycles. The number of carbonyl (C=O) groups is 1. The molecule has 0 aromatic rings. The summed E-state index contributed by atoms with van der Waals surface area (Å²) in [5.41, 5.74) is 0. The number of hydrogen-bond donors (Lipinski definition) is 1. The lowest BCUT2D eigenvalue weighted by atomic mass is 9.90. The molecule has 6 nitrogen and oxygen atoms in total. The van der Waals surface area contributed by atoms with Gasteiger partial charge in [0.1, 0.15) is 0 Å². The van der Waals surface area contributed by atoms with Gasteiger partial charge in [0.2, 0.25) is 0 Å². The SMILES string of the molecule is CCCCOOC(OOCCCC)(C(=O)O)C(CC)CCCC. The molecule has 0 saturated carbocycles. The van der Waals surface area contributed by atoms with Gasteiger partial charge in [-0.15, -0.1) is 0 Å². The predicted molar refractivity (Wildman–Crippen MR) is 87.6 cm³/mol. The average Bonchev–Trinajstić information content (AvgIpc) is 2.54. The number of aliphatic carboxylic acids is 1. The molecule has 0 bridgehead atoms. The first-order valence-electron chi connectivity index (χ1n) is 8.93. The highest BCUT2D eigenvalue weighted by Gasteiger charge is 2.51. The van der Waals surface area contributed by atoms with E-state index >= 15 is 0 Å². The van der Waals surface area contributed by atoms with Crippen molar-refractivity contribution in [3.63, 3.8) is 0 Å². The zero-order valence-electron chi connectivity index (χ0n) is 15.1. The summed E-state index contributed by atoms with van der Waals surface area (Å²) in [4.78, 5) is 32.7. The topological polar surface area (TPSA) is 74.2 Å². The van der Waals surface area contributed by atoms with Gasteiger partial charge in [-0.25, -0.2) is 14.6 Å². The lowest BCUT2D eigenvalue weighted by molar-refractivity contribution is -0.509. The van der Waals surface area contributed by atoms with E-state index in [9.17, 15) is 9.90 Å². The summed E-state index contributed by atoms with van der Waals surface area (Å²) < 4.78 is 0. The highest BCUT2D eigenvalue weighted by molar-refractivity contribution is 5.75. The fourth-order valence-electron chi connectivity index (χ4n) is 2.17. The van der Waals surface area contributed by atoms with Gasteiger partial charge in [0.05, 0.1) is 13.2 Å². The van der Waals surface area contributed by atoms with Gasteiger partial charge in [-0.3, -0.25) is 0 Å². The summed E-state index contributed by atoms with van der Waals surface area (Å²) >= 11 is 0. The maximum atomic E-state index is 11.9. The monoisotopic (exact) mass is 334 g/mol. The Kier molecular flexibility index (Phi) is 13.3. The van der Waals surface area contributed by atoms with Gasteiger partial charge in [-0.2, -0.15) is 9.78 Å². The van der Waals surface area contributed by atoms with Crippen molar-refractivity contribution in [3.8, 4) is 0 Å². The second kappa shape index (κ2) is 13.7. The summed E-state index contributed by atoms with van der Waals surface area (Å²) in [5.74, 6) is -3.47. The van der Waals surface area contributed by atoms with Crippen molar-refractivity contribution in [3.05, 3.63) is 0 Å². The Morgan fingerprint density at radius 1 is 0.913 bits per heavy atom. The van der Waals surface area contributed by atoms with Crippen LogP contribution in [0.2, 0.25) is 0 Å². The predicted octanol–water partition coefficient (Wildman–Crippen LogP) is 4.48. The fraction of sp³-hybridized carbons (Fsp3) is 0.941. The third-order valence-corrected chi connectivity index (χ3v) is 3.76. The van der Waals surface area contributed by atoms with Crippen molar-refractivity contribution in [2.45, 2.75) is 84.8 Å². The number of rotatable bonds is 16. The van der Waals surface area contributed by atoms with Gasteiger partial charge in [-0.1, -0.05) is 53.4 Å². The maximum absolute atomic E-state index is 11.9. The van der Waals surface area contributed by atoms with E-state index in [4.69, 9.17) is 19.6 Å². The average molecular weight is 334 g/mol. The van der Waals surface area contributed by atoms with E-state index in [1.165, 1.54) is 0 Å². The number of carboxylic acids is 1. The molecule has 138 valence electrons. The molecule has 0 amide bonds. The summed E-state index contributed by atoms with van der Waals surface area (Å²) in [5, 5.41) is 9.73. The van der Waals surface area contributed by atoms with Crippen molar-refractivity contribution in [1.29, 1.82) is 0 Å². The Morgan fingerprint density at radius 3 is 1.74 bits per heavy atom. The molecule has 6 heteroatoms. The first kappa shape index (κ1) is 22.3. The number of unbranched alkanes of at least 4 members (excludes halogenated alkanes) is 3. The quantitative estimate of drug-likeness (QED) is 0.194. The summed E-state index contributed by atoms with van der Waals surface area (Å²) in [6, 6.07) is 0. The Bertz CT molecular complexity index is 283. The molecule has 1 atom stereocenters. The van der Waals surface area contributed by atoms with E-state index in [-0.39, 0.29) is 5.92 Å². The maximum Gasteiger partial charge on any atom is 0.370 e. The molecule has 0 spiro atoms. The Morgan fingerprint density at radius 2 is 1.39 bits per heavy atom. The normalized spacial score (nSPS) is 13.2. The molecule has 0 aliphatic rings. The molecule has 0 heterocycles. The van der Waals surface area contributed by atoms with Gasteiger partial charge >= 0.3 is 11.8 Å². The molecule has 0 saturated heterocycles. The van der Waals surface area contributed by atoms with Crippen LogP contribution in [-0.2, 0) is 24.3 Å². The summed E-state index contributed by atoms with van der Waals surface area (Å²) in [6.07, 6.45) is 6.59. The molecule has 0 aliphatic carbocycles. The van der Waals surface area contributed by atoms with E-state index in [0.717, 1.165) is 38.5 Å². The van der Waals surface area contributed by atoms with Crippen molar-refractivity contribution in [1.82, 2.24) is 0 Å². The first-order chi connectivity index (χ1) is 11.1.